The van der Waals surface area contributed by atoms with Crippen molar-refractivity contribution in [2.45, 2.75) is 33.2 Å². The molecule has 144 valence electrons. The maximum absolute atomic E-state index is 12.6. The number of morpholine rings is 1. The van der Waals surface area contributed by atoms with Crippen LogP contribution in [0.3, 0.4) is 0 Å². The Morgan fingerprint density at radius 1 is 1.31 bits per heavy atom. The molecule has 8 heteroatoms. The van der Waals surface area contributed by atoms with Crippen LogP contribution in [0.2, 0.25) is 0 Å². The van der Waals surface area contributed by atoms with E-state index in [1.165, 1.54) is 0 Å². The number of amides is 2. The van der Waals surface area contributed by atoms with Gasteiger partial charge in [0.25, 0.3) is 0 Å². The molecule has 0 radical (unpaired) electrons. The third-order valence-electron chi connectivity index (χ3n) is 5.38. The number of aromatic nitrogens is 2. The Labute approximate surface area is 154 Å². The van der Waals surface area contributed by atoms with E-state index in [1.54, 1.807) is 0 Å². The Bertz CT molecular complexity index is 619. The molecular weight excluding hydrogens is 334 g/mol. The molecule has 2 N–H and O–H groups in total. The van der Waals surface area contributed by atoms with E-state index in [4.69, 9.17) is 4.74 Å². The van der Waals surface area contributed by atoms with Crippen molar-refractivity contribution < 1.29 is 14.3 Å². The van der Waals surface area contributed by atoms with Gasteiger partial charge < -0.3 is 15.0 Å². The molecule has 2 aliphatic rings. The largest absolute Gasteiger partial charge is 0.379 e. The molecule has 1 aromatic heterocycles. The predicted molar refractivity (Wildman–Crippen MR) is 96.5 cm³/mol. The van der Waals surface area contributed by atoms with E-state index in [9.17, 15) is 9.59 Å². The van der Waals surface area contributed by atoms with Crippen molar-refractivity contribution in [1.29, 1.82) is 0 Å². The lowest BCUT2D eigenvalue weighted by atomic mass is 9.96. The summed E-state index contributed by atoms with van der Waals surface area (Å²) < 4.78 is 5.35. The minimum Gasteiger partial charge on any atom is -0.379 e. The molecule has 0 spiro atoms. The molecule has 2 aliphatic heterocycles. The number of carbonyl (C=O) groups excluding carboxylic acids is 2. The zero-order valence-corrected chi connectivity index (χ0v) is 15.7. The molecule has 0 unspecified atom stereocenters. The summed E-state index contributed by atoms with van der Waals surface area (Å²) in [6.45, 7) is 9.73. The van der Waals surface area contributed by atoms with E-state index in [-0.39, 0.29) is 17.7 Å². The normalized spacial score (nSPS) is 21.8. The summed E-state index contributed by atoms with van der Waals surface area (Å²) in [7, 11) is 0. The third-order valence-corrected chi connectivity index (χ3v) is 5.38. The number of hydrogen-bond acceptors (Lipinski definition) is 5. The van der Waals surface area contributed by atoms with Gasteiger partial charge in [-0.25, -0.2) is 0 Å². The summed E-state index contributed by atoms with van der Waals surface area (Å²) >= 11 is 0. The number of nitrogens with one attached hydrogen (secondary N) is 2. The molecule has 8 nitrogen and oxygen atoms in total. The molecule has 1 aromatic rings. The number of likely N-dealkylation sites (tertiary alicyclic amines) is 1. The quantitative estimate of drug-likeness (QED) is 0.754. The second-order valence-corrected chi connectivity index (χ2v) is 7.16. The van der Waals surface area contributed by atoms with E-state index < -0.39 is 0 Å². The highest BCUT2D eigenvalue weighted by atomic mass is 16.5. The molecule has 0 saturated carbocycles. The molecule has 0 bridgehead atoms. The average molecular weight is 363 g/mol. The lowest BCUT2D eigenvalue weighted by Gasteiger charge is -2.34. The first-order valence-corrected chi connectivity index (χ1v) is 9.40. The van der Waals surface area contributed by atoms with Crippen LogP contribution in [0.1, 0.15) is 29.8 Å². The van der Waals surface area contributed by atoms with Gasteiger partial charge in [-0.05, 0) is 20.3 Å². The van der Waals surface area contributed by atoms with Crippen LogP contribution >= 0.6 is 0 Å². The molecular formula is C18H29N5O3. The molecule has 0 aliphatic carbocycles. The Morgan fingerprint density at radius 3 is 2.77 bits per heavy atom. The fourth-order valence-corrected chi connectivity index (χ4v) is 3.59. The summed E-state index contributed by atoms with van der Waals surface area (Å²) in [5, 5.41) is 10.1. The molecule has 3 heterocycles. The van der Waals surface area contributed by atoms with E-state index in [0.29, 0.717) is 32.5 Å². The van der Waals surface area contributed by atoms with E-state index in [0.717, 1.165) is 49.8 Å². The number of ether oxygens (including phenoxy) is 1. The van der Waals surface area contributed by atoms with Gasteiger partial charge in [0.2, 0.25) is 11.8 Å². The van der Waals surface area contributed by atoms with Gasteiger partial charge in [0.15, 0.2) is 0 Å². The summed E-state index contributed by atoms with van der Waals surface area (Å²) in [6.07, 6.45) is 1.08. The molecule has 2 fully saturated rings. The number of H-pyrrole nitrogens is 1. The molecule has 0 aromatic carbocycles. The number of aromatic amines is 1. The maximum Gasteiger partial charge on any atom is 0.225 e. The van der Waals surface area contributed by atoms with Crippen LogP contribution in [-0.4, -0.2) is 77.7 Å². The van der Waals surface area contributed by atoms with Crippen LogP contribution in [0.5, 0.6) is 0 Å². The van der Waals surface area contributed by atoms with Crippen molar-refractivity contribution >= 4 is 11.8 Å². The van der Waals surface area contributed by atoms with Crippen LogP contribution in [-0.2, 0) is 20.9 Å². The number of aryl methyl sites for hydroxylation is 2. The van der Waals surface area contributed by atoms with Crippen molar-refractivity contribution in [3.05, 3.63) is 17.0 Å². The zero-order valence-electron chi connectivity index (χ0n) is 15.7. The fourth-order valence-electron chi connectivity index (χ4n) is 3.59. The van der Waals surface area contributed by atoms with E-state index >= 15 is 0 Å². The summed E-state index contributed by atoms with van der Waals surface area (Å²) in [6, 6.07) is 0. The minimum absolute atomic E-state index is 0.0221. The number of hydrogen-bond donors (Lipinski definition) is 2. The van der Waals surface area contributed by atoms with Gasteiger partial charge in [-0.15, -0.1) is 0 Å². The average Bonchev–Trinajstić information content (AvgIpc) is 2.97. The Kier molecular flexibility index (Phi) is 6.26. The van der Waals surface area contributed by atoms with Gasteiger partial charge in [-0.3, -0.25) is 19.6 Å². The SMILES string of the molecule is Cc1n[nH]c(C)c1CNC(=O)[C@@H]1CCC(=O)N(CCN2CCOCC2)C1. The number of piperidine rings is 1. The number of rotatable bonds is 6. The molecule has 2 saturated heterocycles. The molecule has 1 atom stereocenters. The first-order valence-electron chi connectivity index (χ1n) is 9.40. The van der Waals surface area contributed by atoms with Gasteiger partial charge in [-0.2, -0.15) is 5.10 Å². The highest BCUT2D eigenvalue weighted by Gasteiger charge is 2.30. The van der Waals surface area contributed by atoms with Gasteiger partial charge in [0.05, 0.1) is 24.8 Å². The van der Waals surface area contributed by atoms with Crippen molar-refractivity contribution in [3.63, 3.8) is 0 Å². The topological polar surface area (TPSA) is 90.6 Å². The second-order valence-electron chi connectivity index (χ2n) is 7.16. The highest BCUT2D eigenvalue weighted by Crippen LogP contribution is 2.18. The smallest absolute Gasteiger partial charge is 0.225 e. The Hall–Kier alpha value is -1.93. The van der Waals surface area contributed by atoms with Crippen LogP contribution < -0.4 is 5.32 Å². The Balaban J connectivity index is 1.48. The van der Waals surface area contributed by atoms with Gasteiger partial charge in [-0.1, -0.05) is 0 Å². The van der Waals surface area contributed by atoms with Crippen molar-refractivity contribution in [3.8, 4) is 0 Å². The van der Waals surface area contributed by atoms with Crippen molar-refractivity contribution in [2.24, 2.45) is 5.92 Å². The number of nitrogens with zero attached hydrogens (tertiary/aromatic N) is 3. The summed E-state index contributed by atoms with van der Waals surface area (Å²) in [5.74, 6) is 0.0441. The lowest BCUT2D eigenvalue weighted by Crippen LogP contribution is -2.49. The third kappa shape index (κ3) is 4.62. The molecule has 26 heavy (non-hydrogen) atoms. The van der Waals surface area contributed by atoms with Gasteiger partial charge >= 0.3 is 0 Å². The van der Waals surface area contributed by atoms with Gasteiger partial charge in [0, 0.05) is 56.9 Å². The summed E-state index contributed by atoms with van der Waals surface area (Å²) in [5.41, 5.74) is 2.93. The van der Waals surface area contributed by atoms with E-state index in [1.807, 2.05) is 18.7 Å². The first-order chi connectivity index (χ1) is 12.5. The minimum atomic E-state index is -0.134. The molecule has 2 amide bonds. The Morgan fingerprint density at radius 2 is 2.08 bits per heavy atom. The number of carbonyl (C=O) groups is 2. The zero-order chi connectivity index (χ0) is 18.5. The van der Waals surface area contributed by atoms with Crippen molar-refractivity contribution in [2.75, 3.05) is 45.9 Å². The first kappa shape index (κ1) is 18.8. The standard InChI is InChI=1S/C18H29N5O3/c1-13-16(14(2)21-20-13)11-19-18(25)15-3-4-17(24)23(12-15)6-5-22-7-9-26-10-8-22/h15H,3-12H2,1-2H3,(H,19,25)(H,20,21)/t15-/m1/s1. The predicted octanol–water partition coefficient (Wildman–Crippen LogP) is 0.214. The van der Waals surface area contributed by atoms with Crippen LogP contribution in [0.15, 0.2) is 0 Å². The van der Waals surface area contributed by atoms with Crippen LogP contribution in [0, 0.1) is 19.8 Å². The van der Waals surface area contributed by atoms with Gasteiger partial charge in [0.1, 0.15) is 0 Å². The molecule has 3 rings (SSSR count). The van der Waals surface area contributed by atoms with Crippen LogP contribution in [0.4, 0.5) is 0 Å². The van der Waals surface area contributed by atoms with Crippen LogP contribution in [0.25, 0.3) is 0 Å². The van der Waals surface area contributed by atoms with Crippen molar-refractivity contribution in [1.82, 2.24) is 25.3 Å². The fraction of sp³-hybridized carbons (Fsp3) is 0.722. The lowest BCUT2D eigenvalue weighted by molar-refractivity contribution is -0.138. The summed E-state index contributed by atoms with van der Waals surface area (Å²) in [4.78, 5) is 28.9. The second kappa shape index (κ2) is 8.64. The highest BCUT2D eigenvalue weighted by molar-refractivity contribution is 5.83. The maximum atomic E-state index is 12.6. The monoisotopic (exact) mass is 363 g/mol. The van der Waals surface area contributed by atoms with E-state index in [2.05, 4.69) is 20.4 Å².